The first-order chi connectivity index (χ1) is 12.0. The molecule has 0 saturated heterocycles. The van der Waals surface area contributed by atoms with Crippen LogP contribution in [0.3, 0.4) is 0 Å². The quantitative estimate of drug-likeness (QED) is 0.871. The molecular weight excluding hydrogens is 320 g/mol. The lowest BCUT2D eigenvalue weighted by molar-refractivity contribution is -0.122. The lowest BCUT2D eigenvalue weighted by Crippen LogP contribution is -2.41. The minimum Gasteiger partial charge on any atom is -0.497 e. The topological polar surface area (TPSA) is 78.3 Å². The summed E-state index contributed by atoms with van der Waals surface area (Å²) in [6.45, 7) is 4.74. The summed E-state index contributed by atoms with van der Waals surface area (Å²) < 4.78 is 13.1. The molecule has 2 aromatic rings. The number of fused-ring (bicyclic) bond motifs is 1. The first-order valence-corrected chi connectivity index (χ1v) is 8.45. The van der Waals surface area contributed by atoms with Crippen molar-refractivity contribution in [3.8, 4) is 11.5 Å². The second kappa shape index (κ2) is 7.13. The Bertz CT molecular complexity index is 728. The second-order valence-corrected chi connectivity index (χ2v) is 6.85. The Hall–Kier alpha value is -2.57. The van der Waals surface area contributed by atoms with Gasteiger partial charge in [-0.1, -0.05) is 0 Å². The van der Waals surface area contributed by atoms with E-state index in [2.05, 4.69) is 15.4 Å². The van der Waals surface area contributed by atoms with Gasteiger partial charge in [-0.25, -0.2) is 4.98 Å². The summed E-state index contributed by atoms with van der Waals surface area (Å²) in [5, 5.41) is 7.18. The van der Waals surface area contributed by atoms with Gasteiger partial charge in [-0.05, 0) is 38.5 Å². The largest absolute Gasteiger partial charge is 0.497 e. The zero-order valence-electron chi connectivity index (χ0n) is 14.9. The van der Waals surface area contributed by atoms with Gasteiger partial charge in [0.15, 0.2) is 0 Å². The fourth-order valence-corrected chi connectivity index (χ4v) is 3.10. The summed E-state index contributed by atoms with van der Waals surface area (Å²) in [5.41, 5.74) is 0.628. The maximum atomic E-state index is 12.4. The molecule has 0 spiro atoms. The first kappa shape index (κ1) is 17.3. The third-order valence-electron chi connectivity index (χ3n) is 4.27. The zero-order valence-corrected chi connectivity index (χ0v) is 14.9. The first-order valence-electron chi connectivity index (χ1n) is 8.45. The van der Waals surface area contributed by atoms with Crippen LogP contribution in [0.5, 0.6) is 11.5 Å². The van der Waals surface area contributed by atoms with Crippen LogP contribution in [-0.2, 0) is 11.3 Å². The number of carbonyl (C=O) groups is 1. The van der Waals surface area contributed by atoms with Gasteiger partial charge in [0.2, 0.25) is 5.91 Å². The third kappa shape index (κ3) is 4.29. The molecule has 0 bridgehead atoms. The summed E-state index contributed by atoms with van der Waals surface area (Å²) in [7, 11) is 1.63. The van der Waals surface area contributed by atoms with Crippen LogP contribution >= 0.6 is 0 Å². The highest BCUT2D eigenvalue weighted by Gasteiger charge is 2.34. The van der Waals surface area contributed by atoms with Crippen molar-refractivity contribution in [3.05, 3.63) is 36.4 Å². The van der Waals surface area contributed by atoms with Crippen molar-refractivity contribution >= 4 is 5.91 Å². The number of methoxy groups -OCH3 is 1. The Morgan fingerprint density at radius 2 is 2.32 bits per heavy atom. The van der Waals surface area contributed by atoms with E-state index in [0.29, 0.717) is 25.8 Å². The standard InChI is InChI=1S/C18H24N4O3/c1-18(2)10-15(14-9-13(24-3)6-7-16(14)25-18)21-17(23)5-4-8-22-12-19-11-20-22/h6-7,9,11-12,15H,4-5,8,10H2,1-3H3,(H,21,23). The molecule has 0 fully saturated rings. The Morgan fingerprint density at radius 1 is 1.48 bits per heavy atom. The predicted octanol–water partition coefficient (Wildman–Crippen LogP) is 2.49. The summed E-state index contributed by atoms with van der Waals surface area (Å²) in [6.07, 6.45) is 5.02. The lowest BCUT2D eigenvalue weighted by Gasteiger charge is -2.38. The monoisotopic (exact) mass is 344 g/mol. The summed E-state index contributed by atoms with van der Waals surface area (Å²) >= 11 is 0. The average molecular weight is 344 g/mol. The number of aryl methyl sites for hydroxylation is 1. The summed E-state index contributed by atoms with van der Waals surface area (Å²) in [6, 6.07) is 5.62. The van der Waals surface area contributed by atoms with Crippen molar-refractivity contribution in [1.82, 2.24) is 20.1 Å². The van der Waals surface area contributed by atoms with Gasteiger partial charge in [-0.15, -0.1) is 0 Å². The number of carbonyl (C=O) groups excluding carboxylic acids is 1. The maximum Gasteiger partial charge on any atom is 0.220 e. The molecule has 1 aliphatic rings. The van der Waals surface area contributed by atoms with Crippen LogP contribution in [0.4, 0.5) is 0 Å². The Morgan fingerprint density at radius 3 is 3.04 bits per heavy atom. The van der Waals surface area contributed by atoms with Crippen molar-refractivity contribution in [2.45, 2.75) is 51.3 Å². The van der Waals surface area contributed by atoms with Gasteiger partial charge < -0.3 is 14.8 Å². The van der Waals surface area contributed by atoms with Crippen molar-refractivity contribution in [3.63, 3.8) is 0 Å². The van der Waals surface area contributed by atoms with Crippen LogP contribution in [0.1, 0.15) is 44.7 Å². The molecular formula is C18H24N4O3. The van der Waals surface area contributed by atoms with Crippen LogP contribution < -0.4 is 14.8 Å². The van der Waals surface area contributed by atoms with Gasteiger partial charge in [0.05, 0.1) is 13.2 Å². The smallest absolute Gasteiger partial charge is 0.220 e. The molecule has 3 rings (SSSR count). The van der Waals surface area contributed by atoms with Crippen LogP contribution in [0.25, 0.3) is 0 Å². The molecule has 7 heteroatoms. The molecule has 1 atom stereocenters. The van der Waals surface area contributed by atoms with Crippen molar-refractivity contribution < 1.29 is 14.3 Å². The van der Waals surface area contributed by atoms with E-state index in [-0.39, 0.29) is 17.6 Å². The molecule has 1 aromatic carbocycles. The Kier molecular flexibility index (Phi) is 4.92. The molecule has 1 amide bonds. The van der Waals surface area contributed by atoms with E-state index in [9.17, 15) is 4.79 Å². The van der Waals surface area contributed by atoms with Crippen LogP contribution in [0.2, 0.25) is 0 Å². The fourth-order valence-electron chi connectivity index (χ4n) is 3.10. The Balaban J connectivity index is 1.65. The van der Waals surface area contributed by atoms with Gasteiger partial charge in [0.1, 0.15) is 29.8 Å². The number of ether oxygens (including phenoxy) is 2. The normalized spacial score (nSPS) is 18.1. The second-order valence-electron chi connectivity index (χ2n) is 6.85. The molecule has 1 N–H and O–H groups in total. The summed E-state index contributed by atoms with van der Waals surface area (Å²) in [5.74, 6) is 1.58. The van der Waals surface area contributed by atoms with Crippen molar-refractivity contribution in [2.75, 3.05) is 7.11 Å². The van der Waals surface area contributed by atoms with Gasteiger partial charge in [0, 0.05) is 24.9 Å². The minimum atomic E-state index is -0.333. The van der Waals surface area contributed by atoms with E-state index in [0.717, 1.165) is 17.1 Å². The number of nitrogens with one attached hydrogen (secondary N) is 1. The number of hydrogen-bond donors (Lipinski definition) is 1. The predicted molar refractivity (Wildman–Crippen MR) is 92.5 cm³/mol. The van der Waals surface area contributed by atoms with Crippen molar-refractivity contribution in [2.24, 2.45) is 0 Å². The highest BCUT2D eigenvalue weighted by molar-refractivity contribution is 5.76. The highest BCUT2D eigenvalue weighted by atomic mass is 16.5. The highest BCUT2D eigenvalue weighted by Crippen LogP contribution is 2.41. The van der Waals surface area contributed by atoms with E-state index >= 15 is 0 Å². The van der Waals surface area contributed by atoms with Gasteiger partial charge in [-0.3, -0.25) is 9.48 Å². The lowest BCUT2D eigenvalue weighted by atomic mass is 9.89. The van der Waals surface area contributed by atoms with E-state index in [1.54, 1.807) is 18.1 Å². The van der Waals surface area contributed by atoms with E-state index in [1.165, 1.54) is 6.33 Å². The Labute approximate surface area is 147 Å². The number of nitrogens with zero attached hydrogens (tertiary/aromatic N) is 3. The van der Waals surface area contributed by atoms with E-state index < -0.39 is 0 Å². The van der Waals surface area contributed by atoms with Gasteiger partial charge in [-0.2, -0.15) is 5.10 Å². The van der Waals surface area contributed by atoms with Crippen molar-refractivity contribution in [1.29, 1.82) is 0 Å². The van der Waals surface area contributed by atoms with Gasteiger partial charge in [0.25, 0.3) is 0 Å². The molecule has 0 radical (unpaired) electrons. The molecule has 1 aromatic heterocycles. The molecule has 7 nitrogen and oxygen atoms in total. The van der Waals surface area contributed by atoms with E-state index in [4.69, 9.17) is 9.47 Å². The average Bonchev–Trinajstić information content (AvgIpc) is 3.07. The molecule has 0 saturated carbocycles. The van der Waals surface area contributed by atoms with Crippen LogP contribution in [0.15, 0.2) is 30.9 Å². The third-order valence-corrected chi connectivity index (χ3v) is 4.27. The van der Waals surface area contributed by atoms with Crippen LogP contribution in [0, 0.1) is 0 Å². The van der Waals surface area contributed by atoms with Crippen LogP contribution in [-0.4, -0.2) is 33.4 Å². The molecule has 0 aliphatic carbocycles. The summed E-state index contributed by atoms with van der Waals surface area (Å²) in [4.78, 5) is 16.3. The van der Waals surface area contributed by atoms with E-state index in [1.807, 2.05) is 32.0 Å². The molecule has 1 unspecified atom stereocenters. The maximum absolute atomic E-state index is 12.4. The number of rotatable bonds is 6. The number of hydrogen-bond acceptors (Lipinski definition) is 5. The minimum absolute atomic E-state index is 0.0246. The number of amides is 1. The molecule has 1 aliphatic heterocycles. The molecule has 2 heterocycles. The number of aromatic nitrogens is 3. The van der Waals surface area contributed by atoms with Gasteiger partial charge >= 0.3 is 0 Å². The molecule has 134 valence electrons. The molecule has 25 heavy (non-hydrogen) atoms. The fraction of sp³-hybridized carbons (Fsp3) is 0.500. The SMILES string of the molecule is COc1ccc2c(c1)C(NC(=O)CCCn1cncn1)CC(C)(C)O2. The zero-order chi connectivity index (χ0) is 17.9. The number of benzene rings is 1.